The van der Waals surface area contributed by atoms with E-state index in [1.165, 1.54) is 19.2 Å². The molecular weight excluding hydrogens is 368 g/mol. The molecule has 1 aliphatic heterocycles. The summed E-state index contributed by atoms with van der Waals surface area (Å²) in [5.41, 5.74) is -1.49. The van der Waals surface area contributed by atoms with Crippen molar-refractivity contribution in [1.82, 2.24) is 9.88 Å². The fourth-order valence-corrected chi connectivity index (χ4v) is 3.33. The maximum absolute atomic E-state index is 12.7. The number of carbonyl (C=O) groups is 4. The highest BCUT2D eigenvalue weighted by molar-refractivity contribution is 8.73. The van der Waals surface area contributed by atoms with Crippen LogP contribution in [0.2, 0.25) is 0 Å². The van der Waals surface area contributed by atoms with E-state index >= 15 is 0 Å². The molecule has 2 amide bonds. The van der Waals surface area contributed by atoms with E-state index in [2.05, 4.69) is 4.98 Å². The Morgan fingerprint density at radius 3 is 2.40 bits per heavy atom. The van der Waals surface area contributed by atoms with Gasteiger partial charge in [-0.05, 0) is 19.1 Å². The number of pyridine rings is 1. The van der Waals surface area contributed by atoms with Crippen molar-refractivity contribution in [2.45, 2.75) is 38.6 Å². The molecule has 1 saturated heterocycles. The first kappa shape index (κ1) is 19.3. The Kier molecular flexibility index (Phi) is 6.43. The van der Waals surface area contributed by atoms with Gasteiger partial charge in [0.05, 0.1) is 5.69 Å². The van der Waals surface area contributed by atoms with Gasteiger partial charge < -0.3 is 8.37 Å². The van der Waals surface area contributed by atoms with Crippen LogP contribution in [0, 0.1) is 0 Å². The number of amides is 2. The molecule has 25 heavy (non-hydrogen) atoms. The molecule has 1 atom stereocenters. The molecule has 1 aromatic heterocycles. The third-order valence-corrected chi connectivity index (χ3v) is 4.72. The van der Waals surface area contributed by atoms with Crippen molar-refractivity contribution in [3.63, 3.8) is 0 Å². The van der Waals surface area contributed by atoms with Crippen LogP contribution in [0.5, 0.6) is 0 Å². The second kappa shape index (κ2) is 8.34. The fourth-order valence-electron chi connectivity index (χ4n) is 2.27. The number of imide groups is 1. The summed E-state index contributed by atoms with van der Waals surface area (Å²) in [5, 5.41) is 0. The van der Waals surface area contributed by atoms with Crippen LogP contribution in [-0.2, 0) is 33.1 Å². The highest BCUT2D eigenvalue weighted by Gasteiger charge is 2.52. The summed E-state index contributed by atoms with van der Waals surface area (Å²) >= 11 is 1.12. The predicted octanol–water partition coefficient (Wildman–Crippen LogP) is 2.15. The van der Waals surface area contributed by atoms with Gasteiger partial charge >= 0.3 is 11.9 Å². The van der Waals surface area contributed by atoms with Gasteiger partial charge in [0.1, 0.15) is 0 Å². The Morgan fingerprint density at radius 1 is 1.20 bits per heavy atom. The monoisotopic (exact) mass is 384 g/mol. The summed E-state index contributed by atoms with van der Waals surface area (Å²) in [7, 11) is 0. The van der Waals surface area contributed by atoms with Crippen molar-refractivity contribution in [3.05, 3.63) is 30.1 Å². The zero-order valence-electron chi connectivity index (χ0n) is 13.6. The Morgan fingerprint density at radius 2 is 1.84 bits per heavy atom. The van der Waals surface area contributed by atoms with Gasteiger partial charge in [-0.3, -0.25) is 24.3 Å². The van der Waals surface area contributed by atoms with Crippen molar-refractivity contribution >= 4 is 45.9 Å². The van der Waals surface area contributed by atoms with E-state index in [9.17, 15) is 19.2 Å². The third kappa shape index (κ3) is 4.13. The maximum Gasteiger partial charge on any atom is 0.351 e. The average Bonchev–Trinajstić information content (AvgIpc) is 2.97. The van der Waals surface area contributed by atoms with Crippen LogP contribution in [-0.4, -0.2) is 33.6 Å². The Balaban J connectivity index is 2.20. The molecule has 0 saturated carbocycles. The second-order valence-electron chi connectivity index (χ2n) is 5.23. The van der Waals surface area contributed by atoms with E-state index in [-0.39, 0.29) is 25.0 Å². The van der Waals surface area contributed by atoms with Crippen molar-refractivity contribution in [2.24, 2.45) is 0 Å². The second-order valence-corrected chi connectivity index (χ2v) is 6.65. The van der Waals surface area contributed by atoms with E-state index in [1.54, 1.807) is 19.1 Å². The molecule has 1 unspecified atom stereocenters. The lowest BCUT2D eigenvalue weighted by atomic mass is 9.95. The first-order valence-corrected chi connectivity index (χ1v) is 9.43. The summed E-state index contributed by atoms with van der Waals surface area (Å²) < 4.78 is 9.77. The van der Waals surface area contributed by atoms with E-state index in [0.29, 0.717) is 22.1 Å². The van der Waals surface area contributed by atoms with Gasteiger partial charge in [0.15, 0.2) is 27.7 Å². The topological polar surface area (TPSA) is 103 Å². The zero-order valence-corrected chi connectivity index (χ0v) is 15.2. The van der Waals surface area contributed by atoms with Crippen molar-refractivity contribution in [1.29, 1.82) is 0 Å². The first-order valence-electron chi connectivity index (χ1n) is 7.43. The highest BCUT2D eigenvalue weighted by Crippen LogP contribution is 2.36. The van der Waals surface area contributed by atoms with Crippen LogP contribution in [0.25, 0.3) is 0 Å². The van der Waals surface area contributed by atoms with Crippen molar-refractivity contribution in [3.8, 4) is 0 Å². The minimum absolute atomic E-state index is 0.0323. The molecule has 1 aromatic rings. The Labute approximate surface area is 152 Å². The number of carbonyl (C=O) groups excluding carboxylic acids is 4. The molecule has 0 bridgehead atoms. The summed E-state index contributed by atoms with van der Waals surface area (Å²) in [5.74, 6) is -2.26. The maximum atomic E-state index is 12.7. The summed E-state index contributed by atoms with van der Waals surface area (Å²) in [6, 6.07) is 4.83. The van der Waals surface area contributed by atoms with Crippen molar-refractivity contribution in [2.75, 3.05) is 0 Å². The molecular formula is C15H16N2O6S2. The van der Waals surface area contributed by atoms with Gasteiger partial charge in [-0.25, -0.2) is 4.79 Å². The van der Waals surface area contributed by atoms with Gasteiger partial charge in [0, 0.05) is 25.5 Å². The predicted molar refractivity (Wildman–Crippen MR) is 90.3 cm³/mol. The molecule has 0 spiro atoms. The van der Waals surface area contributed by atoms with E-state index in [0.717, 1.165) is 4.90 Å². The number of hydrogen-bond donors (Lipinski definition) is 0. The van der Waals surface area contributed by atoms with Crippen molar-refractivity contribution < 1.29 is 27.5 Å². The van der Waals surface area contributed by atoms with Crippen LogP contribution in [0.3, 0.4) is 0 Å². The molecule has 0 aliphatic carbocycles. The summed E-state index contributed by atoms with van der Waals surface area (Å²) in [6.07, 6.45) is 1.70. The lowest BCUT2D eigenvalue weighted by Crippen LogP contribution is -2.53. The van der Waals surface area contributed by atoms with E-state index in [4.69, 9.17) is 8.37 Å². The lowest BCUT2D eigenvalue weighted by Gasteiger charge is -2.33. The van der Waals surface area contributed by atoms with E-state index < -0.39 is 29.3 Å². The summed E-state index contributed by atoms with van der Waals surface area (Å²) in [4.78, 5) is 53.0. The number of likely N-dealkylation sites (tertiary alicyclic amines) is 1. The lowest BCUT2D eigenvalue weighted by molar-refractivity contribution is -0.160. The zero-order chi connectivity index (χ0) is 18.4. The number of nitrogens with zero attached hydrogens (tertiary/aromatic N) is 2. The highest BCUT2D eigenvalue weighted by atomic mass is 33.1. The van der Waals surface area contributed by atoms with E-state index in [1.807, 2.05) is 0 Å². The summed E-state index contributed by atoms with van der Waals surface area (Å²) in [6.45, 7) is 3.03. The largest absolute Gasteiger partial charge is 0.376 e. The van der Waals surface area contributed by atoms with Crippen LogP contribution >= 0.6 is 22.1 Å². The molecule has 0 aromatic carbocycles. The van der Waals surface area contributed by atoms with Gasteiger partial charge in [-0.15, -0.1) is 0 Å². The van der Waals surface area contributed by atoms with Crippen LogP contribution < -0.4 is 0 Å². The SMILES string of the molecule is CCC(=O)OSSOC(=O)C(C)(c1ccccn1)N1C(=O)CCC1=O. The smallest absolute Gasteiger partial charge is 0.351 e. The minimum atomic E-state index is -1.70. The molecule has 0 N–H and O–H groups in total. The number of aromatic nitrogens is 1. The van der Waals surface area contributed by atoms with Crippen LogP contribution in [0.4, 0.5) is 0 Å². The van der Waals surface area contributed by atoms with Gasteiger partial charge in [0.2, 0.25) is 11.8 Å². The first-order chi connectivity index (χ1) is 11.9. The van der Waals surface area contributed by atoms with Gasteiger partial charge in [-0.2, -0.15) is 0 Å². The average molecular weight is 384 g/mol. The van der Waals surface area contributed by atoms with Gasteiger partial charge in [-0.1, -0.05) is 13.0 Å². The molecule has 2 rings (SSSR count). The molecule has 8 nitrogen and oxygen atoms in total. The molecule has 1 fully saturated rings. The standard InChI is InChI=1S/C15H16N2O6S2/c1-3-13(20)22-24-25-23-14(21)15(2,10-6-4-5-9-16-10)17-11(18)7-8-12(17)19/h4-6,9H,3,7-8H2,1-2H3. The minimum Gasteiger partial charge on any atom is -0.376 e. The Bertz CT molecular complexity index is 668. The number of rotatable bonds is 7. The molecule has 2 heterocycles. The molecule has 0 radical (unpaired) electrons. The third-order valence-electron chi connectivity index (χ3n) is 3.61. The molecule has 10 heteroatoms. The molecule has 1 aliphatic rings. The van der Waals surface area contributed by atoms with Crippen LogP contribution in [0.15, 0.2) is 24.4 Å². The van der Waals surface area contributed by atoms with Gasteiger partial charge in [0.25, 0.3) is 0 Å². The normalized spacial score (nSPS) is 16.5. The fraction of sp³-hybridized carbons (Fsp3) is 0.400. The van der Waals surface area contributed by atoms with Crippen LogP contribution in [0.1, 0.15) is 38.8 Å². The quantitative estimate of drug-likeness (QED) is 0.303. The molecule has 134 valence electrons. The number of hydrogen-bond acceptors (Lipinski definition) is 9. The Hall–Kier alpha value is -2.07.